The fraction of sp³-hybridized carbons (Fsp3) is 0.429. The number of rotatable bonds is 1. The van der Waals surface area contributed by atoms with Crippen LogP contribution in [-0.4, -0.2) is 26.2 Å². The highest BCUT2D eigenvalue weighted by Crippen LogP contribution is 2.55. The third-order valence-corrected chi connectivity index (χ3v) is 6.18. The van der Waals surface area contributed by atoms with Crippen molar-refractivity contribution < 1.29 is 5.11 Å². The summed E-state index contributed by atoms with van der Waals surface area (Å²) < 4.78 is 0. The summed E-state index contributed by atoms with van der Waals surface area (Å²) in [6.45, 7) is 6.24. The second-order valence-electron chi connectivity index (χ2n) is 8.09. The van der Waals surface area contributed by atoms with Crippen molar-refractivity contribution in [3.05, 3.63) is 53.5 Å². The predicted molar refractivity (Wildman–Crippen MR) is 97.9 cm³/mol. The number of aromatic nitrogens is 3. The van der Waals surface area contributed by atoms with Gasteiger partial charge in [-0.25, -0.2) is 9.97 Å². The Bertz CT molecular complexity index is 929. The Hall–Kier alpha value is -2.58. The molecule has 2 aromatic heterocycles. The molecule has 0 bridgehead atoms. The SMILES string of the molecule is CC1(C)C(O)C(C#N)=C[C@]2(C)c3nc(-c4ccccn4)ncc3CC[C@@H]12. The van der Waals surface area contributed by atoms with E-state index < -0.39 is 16.9 Å². The van der Waals surface area contributed by atoms with E-state index >= 15 is 0 Å². The maximum absolute atomic E-state index is 10.7. The molecule has 0 radical (unpaired) electrons. The van der Waals surface area contributed by atoms with Crippen LogP contribution < -0.4 is 0 Å². The summed E-state index contributed by atoms with van der Waals surface area (Å²) in [6, 6.07) is 7.89. The topological polar surface area (TPSA) is 82.7 Å². The van der Waals surface area contributed by atoms with Gasteiger partial charge in [-0.3, -0.25) is 4.98 Å². The molecule has 4 rings (SSSR count). The number of aliphatic hydroxyl groups excluding tert-OH is 1. The minimum atomic E-state index is -0.746. The summed E-state index contributed by atoms with van der Waals surface area (Å²) in [5.41, 5.74) is 2.43. The molecule has 0 saturated carbocycles. The molecule has 0 saturated heterocycles. The number of pyridine rings is 1. The largest absolute Gasteiger partial charge is 0.387 e. The van der Waals surface area contributed by atoms with E-state index in [9.17, 15) is 10.4 Å². The number of nitrogens with zero attached hydrogens (tertiary/aromatic N) is 4. The lowest BCUT2D eigenvalue weighted by atomic mass is 9.52. The van der Waals surface area contributed by atoms with Gasteiger partial charge in [-0.15, -0.1) is 0 Å². The van der Waals surface area contributed by atoms with Gasteiger partial charge in [0.1, 0.15) is 5.69 Å². The van der Waals surface area contributed by atoms with Crippen LogP contribution in [0.15, 0.2) is 42.2 Å². The molecule has 0 spiro atoms. The first-order valence-corrected chi connectivity index (χ1v) is 8.96. The monoisotopic (exact) mass is 346 g/mol. The normalized spacial score (nSPS) is 29.1. The maximum Gasteiger partial charge on any atom is 0.178 e. The zero-order valence-electron chi connectivity index (χ0n) is 15.3. The third kappa shape index (κ3) is 2.29. The number of fused-ring (bicyclic) bond motifs is 3. The van der Waals surface area contributed by atoms with Gasteiger partial charge >= 0.3 is 0 Å². The molecule has 1 N–H and O–H groups in total. The van der Waals surface area contributed by atoms with E-state index in [4.69, 9.17) is 4.98 Å². The highest BCUT2D eigenvalue weighted by atomic mass is 16.3. The van der Waals surface area contributed by atoms with Gasteiger partial charge in [-0.2, -0.15) is 5.26 Å². The molecule has 3 atom stereocenters. The summed E-state index contributed by atoms with van der Waals surface area (Å²) >= 11 is 0. The molecule has 2 heterocycles. The molecule has 2 aliphatic carbocycles. The van der Waals surface area contributed by atoms with Crippen LogP contribution in [0.5, 0.6) is 0 Å². The van der Waals surface area contributed by atoms with Gasteiger partial charge in [-0.1, -0.05) is 32.9 Å². The maximum atomic E-state index is 10.7. The second kappa shape index (κ2) is 5.72. The van der Waals surface area contributed by atoms with Crippen molar-refractivity contribution in [3.63, 3.8) is 0 Å². The predicted octanol–water partition coefficient (Wildman–Crippen LogP) is 3.21. The van der Waals surface area contributed by atoms with Crippen LogP contribution in [0.3, 0.4) is 0 Å². The summed E-state index contributed by atoms with van der Waals surface area (Å²) in [5.74, 6) is 0.795. The molecular weight excluding hydrogens is 324 g/mol. The third-order valence-electron chi connectivity index (χ3n) is 6.18. The molecule has 0 aromatic carbocycles. The van der Waals surface area contributed by atoms with E-state index in [1.54, 1.807) is 6.20 Å². The van der Waals surface area contributed by atoms with Gasteiger partial charge < -0.3 is 5.11 Å². The highest BCUT2D eigenvalue weighted by molar-refractivity contribution is 5.52. The fourth-order valence-electron chi connectivity index (χ4n) is 4.84. The van der Waals surface area contributed by atoms with Crippen molar-refractivity contribution in [1.82, 2.24) is 15.0 Å². The number of aryl methyl sites for hydroxylation is 1. The van der Waals surface area contributed by atoms with E-state index in [2.05, 4.69) is 36.8 Å². The van der Waals surface area contributed by atoms with Gasteiger partial charge in [0.05, 0.1) is 23.4 Å². The van der Waals surface area contributed by atoms with Crippen LogP contribution in [0, 0.1) is 22.7 Å². The van der Waals surface area contributed by atoms with Crippen LogP contribution in [-0.2, 0) is 11.8 Å². The van der Waals surface area contributed by atoms with Crippen LogP contribution in [0.2, 0.25) is 0 Å². The lowest BCUT2D eigenvalue weighted by molar-refractivity contribution is -0.0104. The van der Waals surface area contributed by atoms with Gasteiger partial charge in [0, 0.05) is 17.8 Å². The van der Waals surface area contributed by atoms with Crippen molar-refractivity contribution in [2.24, 2.45) is 11.3 Å². The zero-order chi connectivity index (χ0) is 18.5. The smallest absolute Gasteiger partial charge is 0.178 e. The number of allylic oxidation sites excluding steroid dienone is 1. The molecule has 26 heavy (non-hydrogen) atoms. The summed E-state index contributed by atoms with van der Waals surface area (Å²) in [4.78, 5) is 13.8. The van der Waals surface area contributed by atoms with Gasteiger partial charge in [0.15, 0.2) is 5.82 Å². The van der Waals surface area contributed by atoms with E-state index in [1.807, 2.05) is 30.5 Å². The molecule has 0 aliphatic heterocycles. The van der Waals surface area contributed by atoms with Crippen molar-refractivity contribution in [2.75, 3.05) is 0 Å². The minimum absolute atomic E-state index is 0.195. The second-order valence-corrected chi connectivity index (χ2v) is 8.09. The van der Waals surface area contributed by atoms with Crippen molar-refractivity contribution in [2.45, 2.75) is 45.1 Å². The molecule has 2 aliphatic rings. The molecule has 0 amide bonds. The lowest BCUT2D eigenvalue weighted by Gasteiger charge is -2.53. The van der Waals surface area contributed by atoms with E-state index in [-0.39, 0.29) is 5.92 Å². The number of hydrogen-bond acceptors (Lipinski definition) is 5. The highest BCUT2D eigenvalue weighted by Gasteiger charge is 2.54. The van der Waals surface area contributed by atoms with Gasteiger partial charge in [0.2, 0.25) is 0 Å². The van der Waals surface area contributed by atoms with E-state index in [0.29, 0.717) is 11.4 Å². The molecule has 5 heteroatoms. The summed E-state index contributed by atoms with van der Waals surface area (Å²) in [5, 5.41) is 20.3. The van der Waals surface area contributed by atoms with Crippen LogP contribution in [0.1, 0.15) is 38.4 Å². The standard InChI is InChI=1S/C21H22N4O/c1-20(2)16-8-7-13-12-24-19(15-6-4-5-9-23-15)25-17(13)21(16,3)10-14(11-22)18(20)26/h4-6,9-10,12,16,18,26H,7-8H2,1-3H3/t16-,18?,21-/m0/s1. The van der Waals surface area contributed by atoms with Crippen molar-refractivity contribution in [1.29, 1.82) is 5.26 Å². The number of aliphatic hydroxyl groups is 1. The van der Waals surface area contributed by atoms with Crippen LogP contribution in [0.4, 0.5) is 0 Å². The van der Waals surface area contributed by atoms with Gasteiger partial charge in [-0.05, 0) is 41.9 Å². The minimum Gasteiger partial charge on any atom is -0.387 e. The molecule has 1 unspecified atom stereocenters. The Morgan fingerprint density at radius 3 is 2.73 bits per heavy atom. The summed E-state index contributed by atoms with van der Waals surface area (Å²) in [6.07, 6.45) is 6.63. The van der Waals surface area contributed by atoms with Crippen LogP contribution in [0.25, 0.3) is 11.5 Å². The molecule has 5 nitrogen and oxygen atoms in total. The van der Waals surface area contributed by atoms with Crippen LogP contribution >= 0.6 is 0 Å². The Morgan fingerprint density at radius 1 is 1.23 bits per heavy atom. The van der Waals surface area contributed by atoms with Crippen molar-refractivity contribution >= 4 is 0 Å². The van der Waals surface area contributed by atoms with Gasteiger partial charge in [0.25, 0.3) is 0 Å². The first kappa shape index (κ1) is 16.9. The number of nitriles is 1. The fourth-order valence-corrected chi connectivity index (χ4v) is 4.84. The lowest BCUT2D eigenvalue weighted by Crippen LogP contribution is -2.53. The average Bonchev–Trinajstić information content (AvgIpc) is 2.65. The Labute approximate surface area is 153 Å². The first-order chi connectivity index (χ1) is 12.4. The quantitative estimate of drug-likeness (QED) is 0.857. The first-order valence-electron chi connectivity index (χ1n) is 8.96. The Morgan fingerprint density at radius 2 is 2.04 bits per heavy atom. The molecule has 2 aromatic rings. The summed E-state index contributed by atoms with van der Waals surface area (Å²) in [7, 11) is 0. The molecule has 0 fully saturated rings. The average molecular weight is 346 g/mol. The van der Waals surface area contributed by atoms with E-state index in [1.165, 1.54) is 0 Å². The molecular formula is C21H22N4O. The van der Waals surface area contributed by atoms with Crippen molar-refractivity contribution in [3.8, 4) is 17.6 Å². The number of hydrogen-bond donors (Lipinski definition) is 1. The molecule has 132 valence electrons. The Kier molecular flexibility index (Phi) is 3.71. The zero-order valence-corrected chi connectivity index (χ0v) is 15.3. The van der Waals surface area contributed by atoms with E-state index in [0.717, 1.165) is 29.8 Å². The Balaban J connectivity index is 1.92.